The molecular weight excluding hydrogens is 550 g/mol. The Hall–Kier alpha value is -6.38. The van der Waals surface area contributed by atoms with Gasteiger partial charge in [0.15, 0.2) is 11.6 Å². The van der Waals surface area contributed by atoms with Gasteiger partial charge in [-0.15, -0.1) is 0 Å². The Balaban J connectivity index is 1.33. The normalized spacial score (nSPS) is 11.1. The lowest BCUT2D eigenvalue weighted by atomic mass is 10.0. The van der Waals surface area contributed by atoms with E-state index in [4.69, 9.17) is 15.0 Å². The summed E-state index contributed by atoms with van der Waals surface area (Å²) in [6, 6.07) is 53.5. The fourth-order valence-electron chi connectivity index (χ4n) is 5.86. The molecule has 0 radical (unpaired) electrons. The van der Waals surface area contributed by atoms with Crippen molar-refractivity contribution in [1.29, 1.82) is 5.26 Å². The van der Waals surface area contributed by atoms with E-state index in [1.807, 2.05) is 71.3 Å². The van der Waals surface area contributed by atoms with Crippen LogP contribution < -0.4 is 0 Å². The summed E-state index contributed by atoms with van der Waals surface area (Å²) in [6.07, 6.45) is 0. The van der Waals surface area contributed by atoms with Gasteiger partial charge in [-0.25, -0.2) is 4.98 Å². The largest absolute Gasteiger partial charge is 0.278 e. The summed E-state index contributed by atoms with van der Waals surface area (Å²) in [4.78, 5) is 15.1. The Morgan fingerprint density at radius 1 is 0.422 bits per heavy atom. The molecule has 0 bridgehead atoms. The number of nitriles is 1. The van der Waals surface area contributed by atoms with Crippen LogP contribution in [0.1, 0.15) is 5.56 Å². The minimum Gasteiger partial charge on any atom is -0.278 e. The highest BCUT2D eigenvalue weighted by Gasteiger charge is 2.18. The Bertz CT molecular complexity index is 2250. The first-order valence-corrected chi connectivity index (χ1v) is 14.8. The molecule has 45 heavy (non-hydrogen) atoms. The molecule has 6 aromatic carbocycles. The fraction of sp³-hybridized carbons (Fsp3) is 0. The van der Waals surface area contributed by atoms with Crippen LogP contribution >= 0.6 is 0 Å². The van der Waals surface area contributed by atoms with Gasteiger partial charge in [0.25, 0.3) is 0 Å². The van der Waals surface area contributed by atoms with Gasteiger partial charge >= 0.3 is 0 Å². The lowest BCUT2D eigenvalue weighted by Crippen LogP contribution is -2.06. The molecule has 2 aromatic heterocycles. The van der Waals surface area contributed by atoms with E-state index in [1.54, 1.807) is 0 Å². The quantitative estimate of drug-likeness (QED) is 0.205. The number of hydrogen-bond donors (Lipinski definition) is 0. The third-order valence-electron chi connectivity index (χ3n) is 8.13. The van der Waals surface area contributed by atoms with Gasteiger partial charge in [0.05, 0.1) is 22.7 Å². The highest BCUT2D eigenvalue weighted by molar-refractivity contribution is 6.09. The standard InChI is InChI=1S/C40H25N5/c41-26-27-15-24-35-34-13-7-8-14-36(34)45(37(35)25-27)40-43-38(32-20-16-30(17-21-32)28-9-3-1-4-10-28)42-39(44-40)33-22-18-31(19-23-33)29-11-5-2-6-12-29/h1-25H. The van der Waals surface area contributed by atoms with Crippen LogP contribution in [0, 0.1) is 11.3 Å². The number of nitrogens with zero attached hydrogens (tertiary/aromatic N) is 5. The van der Waals surface area contributed by atoms with E-state index in [0.717, 1.165) is 55.2 Å². The van der Waals surface area contributed by atoms with Gasteiger partial charge in [0.1, 0.15) is 0 Å². The first-order valence-electron chi connectivity index (χ1n) is 14.8. The van der Waals surface area contributed by atoms with Crippen molar-refractivity contribution in [3.63, 3.8) is 0 Å². The van der Waals surface area contributed by atoms with E-state index in [2.05, 4.69) is 91.0 Å². The van der Waals surface area contributed by atoms with Crippen LogP contribution in [0.25, 0.3) is 72.8 Å². The zero-order chi connectivity index (χ0) is 30.2. The molecule has 0 atom stereocenters. The highest BCUT2D eigenvalue weighted by Crippen LogP contribution is 2.33. The Morgan fingerprint density at radius 2 is 0.889 bits per heavy atom. The third kappa shape index (κ3) is 4.81. The number of aromatic nitrogens is 4. The van der Waals surface area contributed by atoms with Crippen molar-refractivity contribution < 1.29 is 0 Å². The third-order valence-corrected chi connectivity index (χ3v) is 8.13. The van der Waals surface area contributed by atoms with Crippen molar-refractivity contribution in [2.45, 2.75) is 0 Å². The topological polar surface area (TPSA) is 67.4 Å². The summed E-state index contributed by atoms with van der Waals surface area (Å²) in [7, 11) is 0. The van der Waals surface area contributed by atoms with Crippen LogP contribution in [0.3, 0.4) is 0 Å². The molecule has 0 saturated heterocycles. The van der Waals surface area contributed by atoms with Gasteiger partial charge in [-0.3, -0.25) is 4.57 Å². The van der Waals surface area contributed by atoms with Crippen LogP contribution in [-0.4, -0.2) is 19.5 Å². The molecular formula is C40H25N5. The molecule has 210 valence electrons. The number of para-hydroxylation sites is 1. The van der Waals surface area contributed by atoms with Crippen molar-refractivity contribution in [3.05, 3.63) is 157 Å². The van der Waals surface area contributed by atoms with Gasteiger partial charge in [0, 0.05) is 21.9 Å². The zero-order valence-corrected chi connectivity index (χ0v) is 24.2. The van der Waals surface area contributed by atoms with Crippen LogP contribution in [0.2, 0.25) is 0 Å². The number of fused-ring (bicyclic) bond motifs is 3. The maximum atomic E-state index is 9.73. The van der Waals surface area contributed by atoms with E-state index in [0.29, 0.717) is 23.2 Å². The second-order valence-electron chi connectivity index (χ2n) is 10.9. The first-order chi connectivity index (χ1) is 22.2. The maximum Gasteiger partial charge on any atom is 0.238 e. The fourth-order valence-corrected chi connectivity index (χ4v) is 5.86. The molecule has 0 saturated carbocycles. The van der Waals surface area contributed by atoms with Gasteiger partial charge < -0.3 is 0 Å². The van der Waals surface area contributed by atoms with Crippen LogP contribution in [0.5, 0.6) is 0 Å². The molecule has 0 aliphatic carbocycles. The zero-order valence-electron chi connectivity index (χ0n) is 24.2. The molecule has 0 aliphatic rings. The minimum atomic E-state index is 0.496. The molecule has 0 fully saturated rings. The van der Waals surface area contributed by atoms with Gasteiger partial charge in [-0.1, -0.05) is 133 Å². The van der Waals surface area contributed by atoms with E-state index in [9.17, 15) is 5.26 Å². The van der Waals surface area contributed by atoms with Crippen molar-refractivity contribution in [2.75, 3.05) is 0 Å². The predicted octanol–water partition coefficient (Wildman–Crippen LogP) is 9.51. The summed E-state index contributed by atoms with van der Waals surface area (Å²) in [5.74, 6) is 1.64. The van der Waals surface area contributed by atoms with Gasteiger partial charge in [0.2, 0.25) is 5.95 Å². The molecule has 2 heterocycles. The lowest BCUT2D eigenvalue weighted by molar-refractivity contribution is 0.953. The van der Waals surface area contributed by atoms with Gasteiger partial charge in [-0.05, 0) is 40.5 Å². The van der Waals surface area contributed by atoms with E-state index >= 15 is 0 Å². The molecule has 0 N–H and O–H groups in total. The summed E-state index contributed by atoms with van der Waals surface area (Å²) >= 11 is 0. The summed E-state index contributed by atoms with van der Waals surface area (Å²) < 4.78 is 2.04. The second kappa shape index (κ2) is 11.0. The van der Waals surface area contributed by atoms with Crippen LogP contribution in [-0.2, 0) is 0 Å². The van der Waals surface area contributed by atoms with E-state index in [-0.39, 0.29) is 0 Å². The summed E-state index contributed by atoms with van der Waals surface area (Å²) in [5.41, 5.74) is 8.73. The minimum absolute atomic E-state index is 0.496. The molecule has 0 unspecified atom stereocenters. The Morgan fingerprint density at radius 3 is 1.44 bits per heavy atom. The van der Waals surface area contributed by atoms with Crippen LogP contribution in [0.15, 0.2) is 152 Å². The highest BCUT2D eigenvalue weighted by atomic mass is 15.2. The summed E-state index contributed by atoms with van der Waals surface area (Å²) in [5, 5.41) is 11.8. The molecule has 0 aliphatic heterocycles. The maximum absolute atomic E-state index is 9.73. The first kappa shape index (κ1) is 26.3. The van der Waals surface area contributed by atoms with Crippen molar-refractivity contribution in [2.24, 2.45) is 0 Å². The average molecular weight is 576 g/mol. The SMILES string of the molecule is N#Cc1ccc2c3ccccc3n(-c3nc(-c4ccc(-c5ccccc5)cc4)nc(-c4ccc(-c5ccccc5)cc4)n3)c2c1. The average Bonchev–Trinajstić information content (AvgIpc) is 3.46. The monoisotopic (exact) mass is 575 g/mol. The Kier molecular flexibility index (Phi) is 6.44. The lowest BCUT2D eigenvalue weighted by Gasteiger charge is -2.12. The smallest absolute Gasteiger partial charge is 0.238 e. The predicted molar refractivity (Wildman–Crippen MR) is 181 cm³/mol. The molecule has 8 aromatic rings. The van der Waals surface area contributed by atoms with Crippen molar-refractivity contribution in [3.8, 4) is 57.0 Å². The van der Waals surface area contributed by atoms with Crippen molar-refractivity contribution >= 4 is 21.8 Å². The number of rotatable bonds is 5. The molecule has 0 spiro atoms. The molecule has 0 amide bonds. The van der Waals surface area contributed by atoms with E-state index in [1.165, 1.54) is 0 Å². The van der Waals surface area contributed by atoms with Crippen LogP contribution in [0.4, 0.5) is 0 Å². The molecule has 8 rings (SSSR count). The Labute approximate surface area is 260 Å². The number of benzene rings is 6. The molecule has 5 nitrogen and oxygen atoms in total. The van der Waals surface area contributed by atoms with Crippen molar-refractivity contribution in [1.82, 2.24) is 19.5 Å². The van der Waals surface area contributed by atoms with E-state index < -0.39 is 0 Å². The number of hydrogen-bond acceptors (Lipinski definition) is 4. The summed E-state index contributed by atoms with van der Waals surface area (Å²) in [6.45, 7) is 0. The van der Waals surface area contributed by atoms with Gasteiger partial charge in [-0.2, -0.15) is 15.2 Å². The molecule has 5 heteroatoms. The second-order valence-corrected chi connectivity index (χ2v) is 10.9.